The van der Waals surface area contributed by atoms with E-state index in [2.05, 4.69) is 36.2 Å². The van der Waals surface area contributed by atoms with Crippen LogP contribution in [-0.4, -0.2) is 22.7 Å². The van der Waals surface area contributed by atoms with Gasteiger partial charge in [-0.3, -0.25) is 9.89 Å². The molecule has 0 saturated carbocycles. The molecular weight excluding hydrogens is 408 g/mol. The maximum atomic E-state index is 12.5. The highest BCUT2D eigenvalue weighted by Crippen LogP contribution is 2.25. The van der Waals surface area contributed by atoms with E-state index in [1.54, 1.807) is 12.1 Å². The Balaban J connectivity index is 1.77. The van der Waals surface area contributed by atoms with Gasteiger partial charge in [-0.15, -0.1) is 0 Å². The van der Waals surface area contributed by atoms with Gasteiger partial charge in [-0.2, -0.15) is 13.9 Å². The standard InChI is InChI=1S/C18H14BrF2N3O2/c19-13-6-7-15(26-18(20)21)12(8-13)9-22-17(25)14-10-23-24-16(14)11-4-2-1-3-5-11/h1-8,10,18H,9H2,(H,22,25)(H,23,24). The van der Waals surface area contributed by atoms with Crippen LogP contribution in [0, 0.1) is 0 Å². The molecule has 1 heterocycles. The third-order valence-electron chi connectivity index (χ3n) is 3.62. The van der Waals surface area contributed by atoms with E-state index < -0.39 is 6.61 Å². The predicted molar refractivity (Wildman–Crippen MR) is 96.0 cm³/mol. The van der Waals surface area contributed by atoms with Gasteiger partial charge in [0.1, 0.15) is 5.75 Å². The van der Waals surface area contributed by atoms with Crippen LogP contribution in [-0.2, 0) is 6.54 Å². The van der Waals surface area contributed by atoms with Gasteiger partial charge >= 0.3 is 6.61 Å². The third-order valence-corrected chi connectivity index (χ3v) is 4.12. The molecule has 0 aliphatic heterocycles. The van der Waals surface area contributed by atoms with Crippen LogP contribution >= 0.6 is 15.9 Å². The molecule has 0 aliphatic carbocycles. The highest BCUT2D eigenvalue weighted by atomic mass is 79.9. The second-order valence-corrected chi connectivity index (χ2v) is 6.25. The van der Waals surface area contributed by atoms with Crippen LogP contribution in [0.15, 0.2) is 59.2 Å². The monoisotopic (exact) mass is 421 g/mol. The topological polar surface area (TPSA) is 67.0 Å². The van der Waals surface area contributed by atoms with Crippen LogP contribution < -0.4 is 10.1 Å². The molecule has 1 aromatic heterocycles. The molecule has 1 amide bonds. The fourth-order valence-electron chi connectivity index (χ4n) is 2.45. The van der Waals surface area contributed by atoms with Crippen LogP contribution in [0.1, 0.15) is 15.9 Å². The van der Waals surface area contributed by atoms with Crippen molar-refractivity contribution in [2.75, 3.05) is 0 Å². The zero-order chi connectivity index (χ0) is 18.5. The van der Waals surface area contributed by atoms with E-state index in [1.807, 2.05) is 30.3 Å². The molecule has 2 N–H and O–H groups in total. The van der Waals surface area contributed by atoms with Crippen molar-refractivity contribution in [1.29, 1.82) is 0 Å². The maximum Gasteiger partial charge on any atom is 0.387 e. The maximum absolute atomic E-state index is 12.5. The Bertz CT molecular complexity index is 900. The summed E-state index contributed by atoms with van der Waals surface area (Å²) >= 11 is 3.28. The number of carbonyl (C=O) groups excluding carboxylic acids is 1. The van der Waals surface area contributed by atoms with Gasteiger partial charge in [0.25, 0.3) is 5.91 Å². The SMILES string of the molecule is O=C(NCc1cc(Br)ccc1OC(F)F)c1cn[nH]c1-c1ccccc1. The van der Waals surface area contributed by atoms with Gasteiger partial charge in [0.15, 0.2) is 0 Å². The first-order valence-electron chi connectivity index (χ1n) is 7.65. The fraction of sp³-hybridized carbons (Fsp3) is 0.111. The summed E-state index contributed by atoms with van der Waals surface area (Å²) in [5.74, 6) is -0.362. The van der Waals surface area contributed by atoms with Gasteiger partial charge in [0.05, 0.1) is 17.5 Å². The molecule has 134 valence electrons. The Morgan fingerprint density at radius 3 is 2.73 bits per heavy atom. The molecule has 0 spiro atoms. The average molecular weight is 422 g/mol. The fourth-order valence-corrected chi connectivity index (χ4v) is 2.86. The smallest absolute Gasteiger partial charge is 0.387 e. The summed E-state index contributed by atoms with van der Waals surface area (Å²) < 4.78 is 30.2. The van der Waals surface area contributed by atoms with Gasteiger partial charge in [-0.05, 0) is 18.2 Å². The number of carbonyl (C=O) groups is 1. The Labute approximate surface area is 156 Å². The molecular formula is C18H14BrF2N3O2. The van der Waals surface area contributed by atoms with Crippen molar-refractivity contribution < 1.29 is 18.3 Å². The van der Waals surface area contributed by atoms with Crippen LogP contribution in [0.2, 0.25) is 0 Å². The van der Waals surface area contributed by atoms with E-state index >= 15 is 0 Å². The van der Waals surface area contributed by atoms with Crippen molar-refractivity contribution in [1.82, 2.24) is 15.5 Å². The number of alkyl halides is 2. The number of rotatable bonds is 6. The lowest BCUT2D eigenvalue weighted by molar-refractivity contribution is -0.0504. The van der Waals surface area contributed by atoms with Crippen molar-refractivity contribution in [2.45, 2.75) is 13.2 Å². The van der Waals surface area contributed by atoms with Crippen molar-refractivity contribution in [3.63, 3.8) is 0 Å². The summed E-state index contributed by atoms with van der Waals surface area (Å²) in [6.07, 6.45) is 1.43. The van der Waals surface area contributed by atoms with Crippen molar-refractivity contribution in [3.05, 3.63) is 70.3 Å². The molecule has 0 saturated heterocycles. The number of benzene rings is 2. The molecule has 5 nitrogen and oxygen atoms in total. The Morgan fingerprint density at radius 1 is 1.23 bits per heavy atom. The molecule has 3 rings (SSSR count). The zero-order valence-corrected chi connectivity index (χ0v) is 15.0. The highest BCUT2D eigenvalue weighted by molar-refractivity contribution is 9.10. The number of aromatic amines is 1. The largest absolute Gasteiger partial charge is 0.434 e. The second-order valence-electron chi connectivity index (χ2n) is 5.34. The first kappa shape index (κ1) is 18.1. The number of aromatic nitrogens is 2. The van der Waals surface area contributed by atoms with Crippen molar-refractivity contribution >= 4 is 21.8 Å². The summed E-state index contributed by atoms with van der Waals surface area (Å²) in [5.41, 5.74) is 2.20. The van der Waals surface area contributed by atoms with Crippen molar-refractivity contribution in [3.8, 4) is 17.0 Å². The zero-order valence-electron chi connectivity index (χ0n) is 13.4. The molecule has 2 aromatic carbocycles. The van der Waals surface area contributed by atoms with Gasteiger partial charge in [0.2, 0.25) is 0 Å². The summed E-state index contributed by atoms with van der Waals surface area (Å²) in [6.45, 7) is -2.91. The minimum absolute atomic E-state index is 0.0129. The number of H-pyrrole nitrogens is 1. The summed E-state index contributed by atoms with van der Waals surface area (Å²) in [6, 6.07) is 13.9. The van der Waals surface area contributed by atoms with E-state index in [4.69, 9.17) is 0 Å². The summed E-state index contributed by atoms with van der Waals surface area (Å²) in [5, 5.41) is 9.44. The Hall–Kier alpha value is -2.74. The first-order chi connectivity index (χ1) is 12.5. The number of nitrogens with zero attached hydrogens (tertiary/aromatic N) is 1. The van der Waals surface area contributed by atoms with E-state index in [-0.39, 0.29) is 18.2 Å². The van der Waals surface area contributed by atoms with Gasteiger partial charge in [-0.25, -0.2) is 0 Å². The minimum atomic E-state index is -2.94. The van der Waals surface area contributed by atoms with E-state index in [0.29, 0.717) is 21.3 Å². The summed E-state index contributed by atoms with van der Waals surface area (Å²) in [7, 11) is 0. The van der Waals surface area contributed by atoms with Gasteiger partial charge in [0, 0.05) is 22.1 Å². The molecule has 0 unspecified atom stereocenters. The van der Waals surface area contributed by atoms with Crippen molar-refractivity contribution in [2.24, 2.45) is 0 Å². The van der Waals surface area contributed by atoms with Gasteiger partial charge in [-0.1, -0.05) is 46.3 Å². The average Bonchev–Trinajstić information content (AvgIpc) is 3.12. The van der Waals surface area contributed by atoms with E-state index in [1.165, 1.54) is 12.3 Å². The predicted octanol–water partition coefficient (Wildman–Crippen LogP) is 4.37. The lowest BCUT2D eigenvalue weighted by Crippen LogP contribution is -2.23. The van der Waals surface area contributed by atoms with Crippen LogP contribution in [0.5, 0.6) is 5.75 Å². The number of amides is 1. The quantitative estimate of drug-likeness (QED) is 0.620. The normalized spacial score (nSPS) is 10.8. The second kappa shape index (κ2) is 8.09. The molecule has 0 bridgehead atoms. The number of hydrogen-bond acceptors (Lipinski definition) is 3. The minimum Gasteiger partial charge on any atom is -0.434 e. The Morgan fingerprint density at radius 2 is 2.00 bits per heavy atom. The molecule has 26 heavy (non-hydrogen) atoms. The van der Waals surface area contributed by atoms with Crippen LogP contribution in [0.3, 0.4) is 0 Å². The number of hydrogen-bond donors (Lipinski definition) is 2. The third kappa shape index (κ3) is 4.26. The lowest BCUT2D eigenvalue weighted by Gasteiger charge is -2.12. The number of ether oxygens (including phenoxy) is 1. The first-order valence-corrected chi connectivity index (χ1v) is 8.44. The lowest BCUT2D eigenvalue weighted by atomic mass is 10.1. The van der Waals surface area contributed by atoms with E-state index in [0.717, 1.165) is 5.56 Å². The highest BCUT2D eigenvalue weighted by Gasteiger charge is 2.16. The molecule has 0 aliphatic rings. The molecule has 0 atom stereocenters. The van der Waals surface area contributed by atoms with Crippen LogP contribution in [0.25, 0.3) is 11.3 Å². The number of nitrogens with one attached hydrogen (secondary N) is 2. The molecule has 3 aromatic rings. The number of halogens is 3. The molecule has 0 radical (unpaired) electrons. The molecule has 8 heteroatoms. The van der Waals surface area contributed by atoms with Crippen LogP contribution in [0.4, 0.5) is 8.78 Å². The Kier molecular flexibility index (Phi) is 5.62. The molecule has 0 fully saturated rings. The van der Waals surface area contributed by atoms with Gasteiger partial charge < -0.3 is 10.1 Å². The summed E-state index contributed by atoms with van der Waals surface area (Å²) in [4.78, 5) is 12.5. The van der Waals surface area contributed by atoms with E-state index in [9.17, 15) is 13.6 Å².